The molecule has 3 rings (SSSR count). The number of aromatic hydroxyl groups is 1. The summed E-state index contributed by atoms with van der Waals surface area (Å²) in [5.74, 6) is -0.103. The lowest BCUT2D eigenvalue weighted by molar-refractivity contribution is -0.274. The first-order valence-corrected chi connectivity index (χ1v) is 8.93. The summed E-state index contributed by atoms with van der Waals surface area (Å²) in [5, 5.41) is 10.7. The van der Waals surface area contributed by atoms with Gasteiger partial charge in [-0.05, 0) is 49.2 Å². The summed E-state index contributed by atoms with van der Waals surface area (Å²) < 4.78 is 53.2. The predicted octanol–water partition coefficient (Wildman–Crippen LogP) is 5.21. The Balaban J connectivity index is 2.26. The van der Waals surface area contributed by atoms with Gasteiger partial charge in [0.2, 0.25) is 5.75 Å². The van der Waals surface area contributed by atoms with Crippen LogP contribution in [0.2, 0.25) is 0 Å². The van der Waals surface area contributed by atoms with Gasteiger partial charge in [0.1, 0.15) is 5.75 Å². The molecule has 0 spiro atoms. The van der Waals surface area contributed by atoms with Gasteiger partial charge in [0.05, 0.1) is 13.2 Å². The van der Waals surface area contributed by atoms with Crippen LogP contribution < -0.4 is 14.2 Å². The maximum absolute atomic E-state index is 12.7. The van der Waals surface area contributed by atoms with Gasteiger partial charge in [-0.15, -0.1) is 13.2 Å². The smallest absolute Gasteiger partial charge is 0.502 e. The lowest BCUT2D eigenvalue weighted by Crippen LogP contribution is -2.17. The van der Waals surface area contributed by atoms with Crippen LogP contribution in [0, 0.1) is 0 Å². The fourth-order valence-corrected chi connectivity index (χ4v) is 2.88. The van der Waals surface area contributed by atoms with Gasteiger partial charge in [0.25, 0.3) is 0 Å². The van der Waals surface area contributed by atoms with Crippen molar-refractivity contribution >= 4 is 18.5 Å². The number of phenolic OH excluding ortho intramolecular Hbond substituents is 1. The molecule has 0 unspecified atom stereocenters. The summed E-state index contributed by atoms with van der Waals surface area (Å²) >= 11 is 0. The van der Waals surface area contributed by atoms with Crippen LogP contribution in [0.4, 0.5) is 13.2 Å². The minimum absolute atomic E-state index is 0.0614. The zero-order chi connectivity index (χ0) is 21.9. The quantitative estimate of drug-likeness (QED) is 0.697. The highest BCUT2D eigenvalue weighted by atomic mass is 19.4. The predicted molar refractivity (Wildman–Crippen MR) is 108 cm³/mol. The minimum atomic E-state index is -4.84. The molecule has 0 bridgehead atoms. The molecule has 0 saturated carbocycles. The second kappa shape index (κ2) is 8.48. The number of rotatable bonds is 6. The van der Waals surface area contributed by atoms with Gasteiger partial charge in [0.15, 0.2) is 17.3 Å². The third-order valence-electron chi connectivity index (χ3n) is 3.95. The van der Waals surface area contributed by atoms with Crippen LogP contribution in [0.25, 0.3) is 17.2 Å². The average Bonchev–Trinajstić information content (AvgIpc) is 3.15. The number of benzene rings is 2. The second-order valence-electron chi connectivity index (χ2n) is 6.52. The van der Waals surface area contributed by atoms with E-state index in [1.54, 1.807) is 26.0 Å². The number of ether oxygens (including phenoxy) is 3. The van der Waals surface area contributed by atoms with Crippen molar-refractivity contribution in [3.8, 4) is 34.1 Å². The van der Waals surface area contributed by atoms with Crippen molar-refractivity contribution in [1.82, 2.24) is 0 Å². The molecule has 2 aromatic rings. The van der Waals surface area contributed by atoms with E-state index in [-0.39, 0.29) is 23.4 Å². The number of methoxy groups -OCH3 is 1. The highest BCUT2D eigenvalue weighted by Gasteiger charge is 2.31. The fraction of sp³-hybridized carbons (Fsp3) is 0.238. The molecule has 9 heteroatoms. The van der Waals surface area contributed by atoms with Crippen molar-refractivity contribution in [3.05, 3.63) is 41.7 Å². The lowest BCUT2D eigenvalue weighted by atomic mass is 9.96. The zero-order valence-corrected chi connectivity index (χ0v) is 16.4. The van der Waals surface area contributed by atoms with Crippen LogP contribution in [0.3, 0.4) is 0 Å². The van der Waals surface area contributed by atoms with Crippen LogP contribution in [0.1, 0.15) is 19.4 Å². The first-order chi connectivity index (χ1) is 14.2. The van der Waals surface area contributed by atoms with Crippen LogP contribution in [-0.2, 0) is 0 Å². The lowest BCUT2D eigenvalue weighted by Gasteiger charge is -2.20. The molecule has 0 fully saturated rings. The molecule has 30 heavy (non-hydrogen) atoms. The van der Waals surface area contributed by atoms with Crippen molar-refractivity contribution in [2.24, 2.45) is 9.98 Å². The Morgan fingerprint density at radius 1 is 1.10 bits per heavy atom. The second-order valence-corrected chi connectivity index (χ2v) is 6.52. The molecule has 0 amide bonds. The number of phenols is 1. The van der Waals surface area contributed by atoms with Crippen LogP contribution >= 0.6 is 0 Å². The fourth-order valence-electron chi connectivity index (χ4n) is 2.88. The van der Waals surface area contributed by atoms with Crippen LogP contribution in [-0.4, -0.2) is 37.1 Å². The van der Waals surface area contributed by atoms with E-state index in [0.29, 0.717) is 22.5 Å². The van der Waals surface area contributed by atoms with Gasteiger partial charge < -0.3 is 19.3 Å². The molecule has 6 nitrogen and oxygen atoms in total. The van der Waals surface area contributed by atoms with Crippen molar-refractivity contribution in [1.29, 1.82) is 0 Å². The molecule has 1 heterocycles. The Kier molecular flexibility index (Phi) is 6.00. The normalized spacial score (nSPS) is 13.1. The molecule has 1 aliphatic rings. The van der Waals surface area contributed by atoms with Crippen LogP contribution in [0.15, 0.2) is 46.1 Å². The number of halogens is 3. The van der Waals surface area contributed by atoms with Gasteiger partial charge in [-0.25, -0.2) is 9.98 Å². The summed E-state index contributed by atoms with van der Waals surface area (Å²) in [7, 11) is 1.38. The Labute approximate surface area is 170 Å². The van der Waals surface area contributed by atoms with Crippen molar-refractivity contribution < 1.29 is 32.5 Å². The highest BCUT2D eigenvalue weighted by Crippen LogP contribution is 2.48. The van der Waals surface area contributed by atoms with E-state index in [4.69, 9.17) is 9.47 Å². The molecular formula is C21H19F3N2O4. The molecule has 0 radical (unpaired) electrons. The largest absolute Gasteiger partial charge is 0.573 e. The third kappa shape index (κ3) is 4.91. The standard InChI is InChI=1S/C21H19F3N2O4/c1-12(2)29-20-18(13-5-4-6-15(9-13)30-21(22,23)24)14(10-16(28-3)19(20)27)11-17-25-7-8-26-17/h4-12,27H,1-3H3. The van der Waals surface area contributed by atoms with E-state index in [1.807, 2.05) is 0 Å². The highest BCUT2D eigenvalue weighted by molar-refractivity contribution is 6.18. The molecule has 0 aliphatic carbocycles. The van der Waals surface area contributed by atoms with E-state index < -0.39 is 12.1 Å². The molecule has 1 aliphatic heterocycles. The first-order valence-electron chi connectivity index (χ1n) is 8.93. The summed E-state index contributed by atoms with van der Waals surface area (Å²) in [6.07, 6.45) is -0.545. The van der Waals surface area contributed by atoms with Crippen molar-refractivity contribution in [2.75, 3.05) is 7.11 Å². The number of nitrogens with zero attached hydrogens (tertiary/aromatic N) is 2. The van der Waals surface area contributed by atoms with Gasteiger partial charge in [-0.2, -0.15) is 0 Å². The van der Waals surface area contributed by atoms with Gasteiger partial charge >= 0.3 is 6.36 Å². The number of hydrogen-bond donors (Lipinski definition) is 1. The van der Waals surface area contributed by atoms with Gasteiger partial charge in [0, 0.05) is 18.0 Å². The first kappa shape index (κ1) is 21.2. The molecule has 0 atom stereocenters. The molecule has 1 N–H and O–H groups in total. The van der Waals surface area contributed by atoms with E-state index in [1.165, 1.54) is 43.8 Å². The summed E-state index contributed by atoms with van der Waals surface area (Å²) in [5.41, 5.74) is 1.17. The Hall–Kier alpha value is -3.49. The monoisotopic (exact) mass is 420 g/mol. The summed E-state index contributed by atoms with van der Waals surface area (Å²) in [6, 6.07) is 6.93. The van der Waals surface area contributed by atoms with E-state index >= 15 is 0 Å². The Morgan fingerprint density at radius 2 is 1.80 bits per heavy atom. The topological polar surface area (TPSA) is 72.6 Å². The third-order valence-corrected chi connectivity index (χ3v) is 3.95. The summed E-state index contributed by atoms with van der Waals surface area (Å²) in [6.45, 7) is 3.52. The van der Waals surface area contributed by atoms with Crippen molar-refractivity contribution in [3.63, 3.8) is 0 Å². The molecular weight excluding hydrogens is 401 g/mol. The van der Waals surface area contributed by atoms with E-state index in [0.717, 1.165) is 0 Å². The van der Waals surface area contributed by atoms with Gasteiger partial charge in [-0.1, -0.05) is 12.1 Å². The number of alkyl halides is 3. The zero-order valence-electron chi connectivity index (χ0n) is 16.4. The van der Waals surface area contributed by atoms with E-state index in [9.17, 15) is 18.3 Å². The molecule has 2 aromatic carbocycles. The van der Waals surface area contributed by atoms with E-state index in [2.05, 4.69) is 14.7 Å². The number of hydrogen-bond acceptors (Lipinski definition) is 6. The van der Waals surface area contributed by atoms with Crippen LogP contribution in [0.5, 0.6) is 23.0 Å². The summed E-state index contributed by atoms with van der Waals surface area (Å²) in [4.78, 5) is 8.19. The average molecular weight is 420 g/mol. The van der Waals surface area contributed by atoms with Crippen molar-refractivity contribution in [2.45, 2.75) is 26.3 Å². The molecule has 0 aromatic heterocycles. The molecule has 0 saturated heterocycles. The maximum Gasteiger partial charge on any atom is 0.573 e. The van der Waals surface area contributed by atoms with Gasteiger partial charge in [-0.3, -0.25) is 0 Å². The maximum atomic E-state index is 12.7. The minimum Gasteiger partial charge on any atom is -0.502 e. The number of aliphatic imine (C=N–C) groups is 2. The SMILES string of the molecule is COc1cc(C=C2N=CC=N2)c(-c2cccc(OC(F)(F)F)c2)c(OC(C)C)c1O. The Bertz CT molecular complexity index is 1010. The molecule has 158 valence electrons. The Morgan fingerprint density at radius 3 is 2.40 bits per heavy atom.